The van der Waals surface area contributed by atoms with Crippen LogP contribution in [0.3, 0.4) is 0 Å². The predicted octanol–water partition coefficient (Wildman–Crippen LogP) is 5.40. The number of ether oxygens (including phenoxy) is 1. The molecule has 0 aliphatic carbocycles. The van der Waals surface area contributed by atoms with Gasteiger partial charge >= 0.3 is 0 Å². The largest absolute Gasteiger partial charge is 0.475 e. The van der Waals surface area contributed by atoms with Gasteiger partial charge in [-0.15, -0.1) is 0 Å². The van der Waals surface area contributed by atoms with Crippen LogP contribution in [-0.2, 0) is 0 Å². The summed E-state index contributed by atoms with van der Waals surface area (Å²) in [6.07, 6.45) is 2.39. The number of fused-ring (bicyclic) bond motifs is 4. The highest BCUT2D eigenvalue weighted by Gasteiger charge is 2.40. The van der Waals surface area contributed by atoms with Gasteiger partial charge in [-0.2, -0.15) is 0 Å². The van der Waals surface area contributed by atoms with Gasteiger partial charge in [0.1, 0.15) is 5.75 Å². The van der Waals surface area contributed by atoms with Crippen molar-refractivity contribution in [2.75, 3.05) is 6.54 Å². The van der Waals surface area contributed by atoms with Crippen molar-refractivity contribution in [1.82, 2.24) is 4.90 Å². The first-order valence-electron chi connectivity index (χ1n) is 8.51. The lowest BCUT2D eigenvalue weighted by molar-refractivity contribution is 0.0176. The van der Waals surface area contributed by atoms with Crippen LogP contribution in [0.4, 0.5) is 0 Å². The molecular weight excluding hydrogens is 318 g/mol. The third-order valence-electron chi connectivity index (χ3n) is 5.24. The summed E-state index contributed by atoms with van der Waals surface area (Å²) in [4.78, 5) is 2.47. The second kappa shape index (κ2) is 5.51. The third kappa shape index (κ3) is 2.07. The van der Waals surface area contributed by atoms with E-state index in [2.05, 4.69) is 53.4 Å². The minimum absolute atomic E-state index is 0.153. The van der Waals surface area contributed by atoms with Gasteiger partial charge < -0.3 is 4.74 Å². The van der Waals surface area contributed by atoms with Gasteiger partial charge in [0.2, 0.25) is 0 Å². The summed E-state index contributed by atoms with van der Waals surface area (Å²) in [6, 6.07) is 21.2. The van der Waals surface area contributed by atoms with Crippen molar-refractivity contribution in [2.24, 2.45) is 0 Å². The van der Waals surface area contributed by atoms with E-state index in [4.69, 9.17) is 16.3 Å². The molecule has 0 saturated carbocycles. The second-order valence-electron chi connectivity index (χ2n) is 6.58. The van der Waals surface area contributed by atoms with Gasteiger partial charge in [0, 0.05) is 17.1 Å². The van der Waals surface area contributed by atoms with Crippen LogP contribution < -0.4 is 4.74 Å². The zero-order valence-corrected chi connectivity index (χ0v) is 14.0. The van der Waals surface area contributed by atoms with Gasteiger partial charge in [-0.05, 0) is 41.3 Å². The van der Waals surface area contributed by atoms with Crippen molar-refractivity contribution < 1.29 is 4.74 Å². The van der Waals surface area contributed by atoms with Crippen molar-refractivity contribution in [3.05, 3.63) is 76.8 Å². The summed E-state index contributed by atoms with van der Waals surface area (Å²) in [5.41, 5.74) is 2.42. The van der Waals surface area contributed by atoms with Gasteiger partial charge in [0.25, 0.3) is 0 Å². The van der Waals surface area contributed by atoms with E-state index in [1.807, 2.05) is 12.1 Å². The zero-order valence-electron chi connectivity index (χ0n) is 13.3. The smallest absolute Gasteiger partial charge is 0.153 e. The lowest BCUT2D eigenvalue weighted by Crippen LogP contribution is -2.41. The van der Waals surface area contributed by atoms with Crippen LogP contribution in [0.2, 0.25) is 5.02 Å². The van der Waals surface area contributed by atoms with Gasteiger partial charge in [-0.3, -0.25) is 4.90 Å². The zero-order chi connectivity index (χ0) is 16.1. The molecular formula is C21H18ClNO. The highest BCUT2D eigenvalue weighted by molar-refractivity contribution is 6.31. The van der Waals surface area contributed by atoms with Crippen molar-refractivity contribution in [3.63, 3.8) is 0 Å². The molecule has 3 aromatic rings. The van der Waals surface area contributed by atoms with Gasteiger partial charge in [-0.25, -0.2) is 0 Å². The van der Waals surface area contributed by atoms with Crippen molar-refractivity contribution >= 4 is 22.4 Å². The molecule has 2 aliphatic rings. The number of hydrogen-bond acceptors (Lipinski definition) is 2. The van der Waals surface area contributed by atoms with Crippen LogP contribution in [-0.4, -0.2) is 17.7 Å². The summed E-state index contributed by atoms with van der Waals surface area (Å²) in [7, 11) is 0. The number of hydrogen-bond donors (Lipinski definition) is 0. The Labute approximate surface area is 146 Å². The molecule has 2 unspecified atom stereocenters. The van der Waals surface area contributed by atoms with E-state index in [0.29, 0.717) is 0 Å². The van der Waals surface area contributed by atoms with Crippen LogP contribution >= 0.6 is 11.6 Å². The molecule has 3 aromatic carbocycles. The van der Waals surface area contributed by atoms with Crippen LogP contribution in [0.5, 0.6) is 5.75 Å². The molecule has 0 aromatic heterocycles. The Morgan fingerprint density at radius 3 is 2.71 bits per heavy atom. The Morgan fingerprint density at radius 1 is 0.958 bits per heavy atom. The van der Waals surface area contributed by atoms with E-state index >= 15 is 0 Å². The summed E-state index contributed by atoms with van der Waals surface area (Å²) in [5, 5.41) is 3.33. The lowest BCUT2D eigenvalue weighted by Gasteiger charge is -2.40. The van der Waals surface area contributed by atoms with Crippen LogP contribution in [0.1, 0.15) is 30.0 Å². The highest BCUT2D eigenvalue weighted by Crippen LogP contribution is 2.48. The maximum atomic E-state index is 6.60. The molecule has 0 amide bonds. The normalized spacial score (nSPS) is 22.9. The maximum absolute atomic E-state index is 6.60. The molecule has 2 atom stereocenters. The van der Waals surface area contributed by atoms with Gasteiger partial charge in [0.15, 0.2) is 6.23 Å². The fraction of sp³-hybridized carbons (Fsp3) is 0.238. The molecule has 0 radical (unpaired) electrons. The maximum Gasteiger partial charge on any atom is 0.153 e. The van der Waals surface area contributed by atoms with E-state index in [1.54, 1.807) is 0 Å². The quantitative estimate of drug-likeness (QED) is 0.590. The van der Waals surface area contributed by atoms with E-state index in [9.17, 15) is 0 Å². The van der Waals surface area contributed by atoms with Crippen molar-refractivity contribution in [3.8, 4) is 5.75 Å². The van der Waals surface area contributed by atoms with Crippen LogP contribution in [0, 0.1) is 0 Å². The molecule has 1 fully saturated rings. The molecule has 0 spiro atoms. The molecule has 3 heteroatoms. The summed E-state index contributed by atoms with van der Waals surface area (Å²) in [5.74, 6) is 1.00. The lowest BCUT2D eigenvalue weighted by atomic mass is 9.90. The second-order valence-corrected chi connectivity index (χ2v) is 6.98. The number of nitrogens with zero attached hydrogens (tertiary/aromatic N) is 1. The van der Waals surface area contributed by atoms with Gasteiger partial charge in [0.05, 0.1) is 6.04 Å². The van der Waals surface area contributed by atoms with Crippen molar-refractivity contribution in [1.29, 1.82) is 0 Å². The fourth-order valence-corrected chi connectivity index (χ4v) is 4.42. The third-order valence-corrected chi connectivity index (χ3v) is 5.58. The van der Waals surface area contributed by atoms with Crippen LogP contribution in [0.15, 0.2) is 60.7 Å². The topological polar surface area (TPSA) is 12.5 Å². The Hall–Kier alpha value is -2.03. The molecule has 2 aliphatic heterocycles. The van der Waals surface area contributed by atoms with E-state index in [-0.39, 0.29) is 12.3 Å². The molecule has 0 N–H and O–H groups in total. The monoisotopic (exact) mass is 335 g/mol. The number of benzene rings is 3. The van der Waals surface area contributed by atoms with Crippen molar-refractivity contribution in [2.45, 2.75) is 25.1 Å². The first-order chi connectivity index (χ1) is 11.8. The minimum Gasteiger partial charge on any atom is -0.475 e. The Morgan fingerprint density at radius 2 is 1.79 bits per heavy atom. The summed E-state index contributed by atoms with van der Waals surface area (Å²) in [6.45, 7) is 1.04. The van der Waals surface area contributed by atoms with E-state index < -0.39 is 0 Å². The molecule has 120 valence electrons. The van der Waals surface area contributed by atoms with E-state index in [0.717, 1.165) is 30.2 Å². The SMILES string of the molecule is Clc1ccccc1C1c2c(ccc3ccccc23)OC2CCCN21. The summed E-state index contributed by atoms with van der Waals surface area (Å²) < 4.78 is 6.34. The Bertz CT molecular complexity index is 923. The minimum atomic E-state index is 0.153. The first-order valence-corrected chi connectivity index (χ1v) is 8.89. The molecule has 2 nitrogen and oxygen atoms in total. The molecule has 24 heavy (non-hydrogen) atoms. The Kier molecular flexibility index (Phi) is 3.29. The number of rotatable bonds is 1. The Balaban J connectivity index is 1.81. The highest BCUT2D eigenvalue weighted by atomic mass is 35.5. The average Bonchev–Trinajstić information content (AvgIpc) is 3.08. The number of halogens is 1. The standard InChI is InChI=1S/C21H18ClNO/c22-17-9-4-3-8-16(17)21-20-15-7-2-1-6-14(15)11-12-18(20)24-19-10-5-13-23(19)21/h1-4,6-9,11-12,19,21H,5,10,13H2. The molecule has 1 saturated heterocycles. The fourth-order valence-electron chi connectivity index (χ4n) is 4.18. The molecule has 5 rings (SSSR count). The molecule has 0 bridgehead atoms. The predicted molar refractivity (Wildman–Crippen MR) is 97.6 cm³/mol. The van der Waals surface area contributed by atoms with E-state index in [1.165, 1.54) is 21.9 Å². The molecule has 2 heterocycles. The average molecular weight is 336 g/mol. The summed E-state index contributed by atoms with van der Waals surface area (Å²) >= 11 is 6.60. The van der Waals surface area contributed by atoms with Crippen LogP contribution in [0.25, 0.3) is 10.8 Å². The first kappa shape index (κ1) is 14.3. The van der Waals surface area contributed by atoms with Gasteiger partial charge in [-0.1, -0.05) is 60.1 Å².